The predicted molar refractivity (Wildman–Crippen MR) is 269 cm³/mol. The molecule has 1 amide bonds. The summed E-state index contributed by atoms with van der Waals surface area (Å²) >= 11 is 0. The van der Waals surface area contributed by atoms with E-state index < -0.39 is 18.2 Å². The highest BCUT2D eigenvalue weighted by Crippen LogP contribution is 2.18. The van der Waals surface area contributed by atoms with Crippen LogP contribution in [-0.2, 0) is 14.3 Å². The largest absolute Gasteiger partial charge is 0.462 e. The van der Waals surface area contributed by atoms with Gasteiger partial charge in [-0.05, 0) is 89.9 Å². The zero-order valence-electron chi connectivity index (χ0n) is 41.3. The van der Waals surface area contributed by atoms with Gasteiger partial charge in [0.2, 0.25) is 5.91 Å². The summed E-state index contributed by atoms with van der Waals surface area (Å²) in [7, 11) is 0. The van der Waals surface area contributed by atoms with Crippen LogP contribution < -0.4 is 5.32 Å². The first-order valence-corrected chi connectivity index (χ1v) is 26.9. The summed E-state index contributed by atoms with van der Waals surface area (Å²) in [5.41, 5.74) is 0. The van der Waals surface area contributed by atoms with Crippen LogP contribution in [0.15, 0.2) is 48.6 Å². The molecular formula is C56H103NO5. The number of allylic oxidation sites excluding steroid dienone is 8. The second-order valence-corrected chi connectivity index (χ2v) is 18.3. The van der Waals surface area contributed by atoms with Crippen molar-refractivity contribution < 1.29 is 24.5 Å². The number of aliphatic hydroxyl groups excluding tert-OH is 2. The van der Waals surface area contributed by atoms with Gasteiger partial charge in [0.25, 0.3) is 0 Å². The Labute approximate surface area is 385 Å². The third kappa shape index (κ3) is 44.4. The van der Waals surface area contributed by atoms with E-state index in [-0.39, 0.29) is 24.9 Å². The lowest BCUT2D eigenvalue weighted by Crippen LogP contribution is -2.46. The van der Waals surface area contributed by atoms with Crippen molar-refractivity contribution in [1.29, 1.82) is 0 Å². The number of aliphatic hydroxyl groups is 2. The predicted octanol–water partition coefficient (Wildman–Crippen LogP) is 16.2. The molecule has 0 saturated carbocycles. The van der Waals surface area contributed by atoms with Crippen LogP contribution in [0.4, 0.5) is 0 Å². The molecule has 0 aromatic heterocycles. The van der Waals surface area contributed by atoms with Gasteiger partial charge in [0.1, 0.15) is 6.10 Å². The fraction of sp³-hybridized carbons (Fsp3) is 0.821. The van der Waals surface area contributed by atoms with Crippen LogP contribution in [0.1, 0.15) is 271 Å². The molecule has 3 unspecified atom stereocenters. The summed E-state index contributed by atoms with van der Waals surface area (Å²) in [6, 6.07) is -0.706. The minimum atomic E-state index is -0.791. The molecule has 0 fully saturated rings. The summed E-state index contributed by atoms with van der Waals surface area (Å²) in [5.74, 6) is -0.491. The Balaban J connectivity index is 4.56. The Morgan fingerprint density at radius 1 is 0.468 bits per heavy atom. The van der Waals surface area contributed by atoms with Gasteiger partial charge in [0.15, 0.2) is 0 Å². The Hall–Kier alpha value is -2.18. The van der Waals surface area contributed by atoms with Gasteiger partial charge < -0.3 is 20.3 Å². The van der Waals surface area contributed by atoms with Crippen LogP contribution in [0.25, 0.3) is 0 Å². The molecular weight excluding hydrogens is 767 g/mol. The first-order chi connectivity index (χ1) is 30.5. The van der Waals surface area contributed by atoms with Crippen LogP contribution in [-0.4, -0.2) is 46.9 Å². The average molecular weight is 870 g/mol. The number of amides is 1. The van der Waals surface area contributed by atoms with E-state index >= 15 is 0 Å². The van der Waals surface area contributed by atoms with Gasteiger partial charge in [0.05, 0.1) is 25.2 Å². The van der Waals surface area contributed by atoms with Crippen molar-refractivity contribution in [3.8, 4) is 0 Å². The van der Waals surface area contributed by atoms with E-state index in [0.717, 1.165) is 83.5 Å². The van der Waals surface area contributed by atoms with Gasteiger partial charge in [0, 0.05) is 6.42 Å². The number of rotatable bonds is 48. The number of carbonyl (C=O) groups is 2. The number of esters is 1. The van der Waals surface area contributed by atoms with Gasteiger partial charge in [-0.15, -0.1) is 0 Å². The number of hydrogen-bond acceptors (Lipinski definition) is 5. The monoisotopic (exact) mass is 870 g/mol. The summed E-state index contributed by atoms with van der Waals surface area (Å²) in [4.78, 5) is 26.2. The van der Waals surface area contributed by atoms with Crippen LogP contribution in [0.5, 0.6) is 0 Å². The van der Waals surface area contributed by atoms with Gasteiger partial charge >= 0.3 is 5.97 Å². The van der Waals surface area contributed by atoms with Crippen molar-refractivity contribution in [2.24, 2.45) is 0 Å². The van der Waals surface area contributed by atoms with Gasteiger partial charge in [-0.1, -0.05) is 217 Å². The fourth-order valence-corrected chi connectivity index (χ4v) is 8.02. The summed E-state index contributed by atoms with van der Waals surface area (Å²) < 4.78 is 5.94. The quantitative estimate of drug-likeness (QED) is 0.0322. The Morgan fingerprint density at radius 2 is 0.823 bits per heavy atom. The normalized spacial score (nSPS) is 13.6. The number of ether oxygens (including phenoxy) is 1. The van der Waals surface area contributed by atoms with Crippen molar-refractivity contribution in [3.63, 3.8) is 0 Å². The number of carbonyl (C=O) groups excluding carboxylic acids is 2. The van der Waals surface area contributed by atoms with E-state index in [1.54, 1.807) is 0 Å². The van der Waals surface area contributed by atoms with E-state index in [4.69, 9.17) is 4.74 Å². The molecule has 0 saturated heterocycles. The SMILES string of the molecule is CCCCC/C=C\C/C=C\C/C=C\CCCCCCCCC(=O)OC(CCCCCCC/C=C\CCCCCC)CC(=O)NC(CO)C(O)CCCCCCCCCCCCC. The molecule has 0 aliphatic carbocycles. The smallest absolute Gasteiger partial charge is 0.306 e. The van der Waals surface area contributed by atoms with Gasteiger partial charge in [-0.25, -0.2) is 0 Å². The maximum Gasteiger partial charge on any atom is 0.306 e. The van der Waals surface area contributed by atoms with Crippen molar-refractivity contribution in [2.45, 2.75) is 289 Å². The molecule has 3 atom stereocenters. The summed E-state index contributed by atoms with van der Waals surface area (Å²) in [6.07, 6.45) is 60.2. The molecule has 0 aliphatic heterocycles. The first kappa shape index (κ1) is 59.8. The molecule has 0 aromatic carbocycles. The topological polar surface area (TPSA) is 95.9 Å². The Morgan fingerprint density at radius 3 is 1.31 bits per heavy atom. The second-order valence-electron chi connectivity index (χ2n) is 18.3. The van der Waals surface area contributed by atoms with E-state index in [2.05, 4.69) is 74.7 Å². The standard InChI is InChI=1S/C56H103NO5/c1-4-7-10-13-16-19-22-24-25-26-27-28-29-31-34-37-40-43-46-49-56(61)62-52(47-44-41-38-35-33-30-23-20-17-14-11-8-5-2)50-55(60)57-53(51-58)54(59)48-45-42-39-36-32-21-18-15-12-9-6-3/h16,19-20,23-25,27-28,52-54,58-59H,4-15,17-18,21-22,26,29-51H2,1-3H3,(H,57,60)/b19-16-,23-20-,25-24-,28-27-. The molecule has 0 radical (unpaired) electrons. The molecule has 0 aromatic rings. The zero-order chi connectivity index (χ0) is 45.2. The van der Waals surface area contributed by atoms with Crippen LogP contribution >= 0.6 is 0 Å². The number of nitrogens with one attached hydrogen (secondary N) is 1. The Bertz CT molecular complexity index is 1070. The van der Waals surface area contributed by atoms with Crippen LogP contribution in [0.3, 0.4) is 0 Å². The highest BCUT2D eigenvalue weighted by Gasteiger charge is 2.24. The Kier molecular flexibility index (Phi) is 48.1. The van der Waals surface area contributed by atoms with Crippen molar-refractivity contribution in [1.82, 2.24) is 5.32 Å². The van der Waals surface area contributed by atoms with E-state index in [1.165, 1.54) is 141 Å². The van der Waals surface area contributed by atoms with Crippen LogP contribution in [0.2, 0.25) is 0 Å². The maximum absolute atomic E-state index is 13.2. The summed E-state index contributed by atoms with van der Waals surface area (Å²) in [5, 5.41) is 23.8. The minimum Gasteiger partial charge on any atom is -0.462 e. The third-order valence-electron chi connectivity index (χ3n) is 12.1. The maximum atomic E-state index is 13.2. The number of unbranched alkanes of at least 4 members (excludes halogenated alkanes) is 28. The van der Waals surface area contributed by atoms with Crippen molar-refractivity contribution in [3.05, 3.63) is 48.6 Å². The first-order valence-electron chi connectivity index (χ1n) is 26.9. The molecule has 3 N–H and O–H groups in total. The number of hydrogen-bond donors (Lipinski definition) is 3. The lowest BCUT2D eigenvalue weighted by Gasteiger charge is -2.24. The molecule has 6 nitrogen and oxygen atoms in total. The van der Waals surface area contributed by atoms with E-state index in [1.807, 2.05) is 0 Å². The van der Waals surface area contributed by atoms with Crippen molar-refractivity contribution in [2.75, 3.05) is 6.61 Å². The lowest BCUT2D eigenvalue weighted by molar-refractivity contribution is -0.151. The molecule has 0 rings (SSSR count). The molecule has 6 heteroatoms. The van der Waals surface area contributed by atoms with E-state index in [9.17, 15) is 19.8 Å². The fourth-order valence-electron chi connectivity index (χ4n) is 8.02. The summed E-state index contributed by atoms with van der Waals surface area (Å²) in [6.45, 7) is 6.44. The molecule has 362 valence electrons. The lowest BCUT2D eigenvalue weighted by atomic mass is 10.0. The molecule has 62 heavy (non-hydrogen) atoms. The highest BCUT2D eigenvalue weighted by molar-refractivity contribution is 5.77. The molecule has 0 aliphatic rings. The molecule has 0 heterocycles. The zero-order valence-corrected chi connectivity index (χ0v) is 41.3. The molecule has 0 bridgehead atoms. The van der Waals surface area contributed by atoms with Gasteiger partial charge in [-0.3, -0.25) is 9.59 Å². The third-order valence-corrected chi connectivity index (χ3v) is 12.1. The van der Waals surface area contributed by atoms with Crippen molar-refractivity contribution >= 4 is 11.9 Å². The van der Waals surface area contributed by atoms with Crippen LogP contribution in [0, 0.1) is 0 Å². The average Bonchev–Trinajstić information content (AvgIpc) is 3.26. The second kappa shape index (κ2) is 49.8. The highest BCUT2D eigenvalue weighted by atomic mass is 16.5. The van der Waals surface area contributed by atoms with Gasteiger partial charge in [-0.2, -0.15) is 0 Å². The molecule has 0 spiro atoms. The minimum absolute atomic E-state index is 0.0672. The van der Waals surface area contributed by atoms with E-state index in [0.29, 0.717) is 19.3 Å².